The summed E-state index contributed by atoms with van der Waals surface area (Å²) >= 11 is 3.59. The van der Waals surface area contributed by atoms with E-state index in [1.807, 2.05) is 43.4 Å². The highest BCUT2D eigenvalue weighted by molar-refractivity contribution is 9.10. The third-order valence-corrected chi connectivity index (χ3v) is 3.81. The van der Waals surface area contributed by atoms with E-state index in [2.05, 4.69) is 41.2 Å². The van der Waals surface area contributed by atoms with E-state index >= 15 is 0 Å². The molecule has 0 amide bonds. The number of ether oxygens (including phenoxy) is 1. The number of rotatable bonds is 4. The van der Waals surface area contributed by atoms with E-state index in [4.69, 9.17) is 4.74 Å². The van der Waals surface area contributed by atoms with Crippen LogP contribution < -0.4 is 10.1 Å². The van der Waals surface area contributed by atoms with Crippen LogP contribution in [0.4, 0.5) is 0 Å². The number of benzene rings is 2. The summed E-state index contributed by atoms with van der Waals surface area (Å²) in [6, 6.07) is 14.4. The van der Waals surface area contributed by atoms with Gasteiger partial charge in [0.25, 0.3) is 0 Å². The second-order valence-corrected chi connectivity index (χ2v) is 5.46. The number of aryl methyl sites for hydroxylation is 1. The Balaban J connectivity index is 2.18. The van der Waals surface area contributed by atoms with Gasteiger partial charge in [-0.1, -0.05) is 39.7 Å². The zero-order valence-electron chi connectivity index (χ0n) is 11.4. The first-order valence-electron chi connectivity index (χ1n) is 6.31. The molecule has 0 saturated heterocycles. The molecule has 100 valence electrons. The fourth-order valence-electron chi connectivity index (χ4n) is 1.82. The van der Waals surface area contributed by atoms with Gasteiger partial charge in [0, 0.05) is 10.5 Å². The molecule has 0 heterocycles. The Morgan fingerprint density at radius 1 is 1.05 bits per heavy atom. The summed E-state index contributed by atoms with van der Waals surface area (Å²) in [5.41, 5.74) is 2.45. The molecule has 0 radical (unpaired) electrons. The Hall–Kier alpha value is -1.32. The van der Waals surface area contributed by atoms with E-state index in [1.165, 1.54) is 11.1 Å². The van der Waals surface area contributed by atoms with Crippen molar-refractivity contribution in [3.63, 3.8) is 0 Å². The number of nitrogens with one attached hydrogen (secondary N) is 1. The zero-order chi connectivity index (χ0) is 13.8. The molecule has 0 aromatic heterocycles. The standard InChI is InChI=1S/C16H18BrNO/c1-11-4-6-13(7-5-11)19-14-8-9-15(12(2)18-3)16(17)10-14/h4-10,12,18H,1-3H3. The molecule has 2 nitrogen and oxygen atoms in total. The molecule has 19 heavy (non-hydrogen) atoms. The Labute approximate surface area is 122 Å². The van der Waals surface area contributed by atoms with E-state index in [1.54, 1.807) is 0 Å². The molecule has 0 spiro atoms. The van der Waals surface area contributed by atoms with Crippen LogP contribution >= 0.6 is 15.9 Å². The molecule has 1 atom stereocenters. The van der Waals surface area contributed by atoms with Crippen molar-refractivity contribution in [1.82, 2.24) is 5.32 Å². The summed E-state index contributed by atoms with van der Waals surface area (Å²) < 4.78 is 6.89. The zero-order valence-corrected chi connectivity index (χ0v) is 13.0. The molecule has 0 aliphatic heterocycles. The van der Waals surface area contributed by atoms with Crippen molar-refractivity contribution in [3.05, 3.63) is 58.1 Å². The Morgan fingerprint density at radius 3 is 2.26 bits per heavy atom. The Bertz CT molecular complexity index is 551. The molecule has 0 bridgehead atoms. The minimum atomic E-state index is 0.308. The van der Waals surface area contributed by atoms with Gasteiger partial charge in [0.1, 0.15) is 11.5 Å². The van der Waals surface area contributed by atoms with Gasteiger partial charge in [-0.05, 0) is 50.7 Å². The lowest BCUT2D eigenvalue weighted by molar-refractivity contribution is 0.481. The minimum Gasteiger partial charge on any atom is -0.457 e. The van der Waals surface area contributed by atoms with Gasteiger partial charge in [0.15, 0.2) is 0 Å². The fraction of sp³-hybridized carbons (Fsp3) is 0.250. The molecule has 2 aromatic carbocycles. The molecular formula is C16H18BrNO. The van der Waals surface area contributed by atoms with Crippen LogP contribution in [0.25, 0.3) is 0 Å². The summed E-state index contributed by atoms with van der Waals surface area (Å²) in [7, 11) is 1.95. The van der Waals surface area contributed by atoms with Crippen LogP contribution in [0.2, 0.25) is 0 Å². The quantitative estimate of drug-likeness (QED) is 0.871. The van der Waals surface area contributed by atoms with Gasteiger partial charge in [-0.25, -0.2) is 0 Å². The molecule has 1 N–H and O–H groups in total. The lowest BCUT2D eigenvalue weighted by atomic mass is 10.1. The Kier molecular flexibility index (Phi) is 4.61. The van der Waals surface area contributed by atoms with E-state index < -0.39 is 0 Å². The summed E-state index contributed by atoms with van der Waals surface area (Å²) in [4.78, 5) is 0. The molecular weight excluding hydrogens is 302 g/mol. The van der Waals surface area contributed by atoms with Gasteiger partial charge in [0.05, 0.1) is 0 Å². The first-order valence-corrected chi connectivity index (χ1v) is 7.10. The second kappa shape index (κ2) is 6.22. The van der Waals surface area contributed by atoms with Crippen molar-refractivity contribution >= 4 is 15.9 Å². The lowest BCUT2D eigenvalue weighted by Gasteiger charge is -2.14. The highest BCUT2D eigenvalue weighted by atomic mass is 79.9. The van der Waals surface area contributed by atoms with E-state index in [-0.39, 0.29) is 0 Å². The maximum Gasteiger partial charge on any atom is 0.128 e. The highest BCUT2D eigenvalue weighted by Gasteiger charge is 2.08. The van der Waals surface area contributed by atoms with Crippen LogP contribution in [0.3, 0.4) is 0 Å². The van der Waals surface area contributed by atoms with Gasteiger partial charge in [-0.3, -0.25) is 0 Å². The largest absolute Gasteiger partial charge is 0.457 e. The smallest absolute Gasteiger partial charge is 0.128 e. The summed E-state index contributed by atoms with van der Waals surface area (Å²) in [5, 5.41) is 3.23. The molecule has 0 aliphatic carbocycles. The lowest BCUT2D eigenvalue weighted by Crippen LogP contribution is -2.12. The SMILES string of the molecule is CNC(C)c1ccc(Oc2ccc(C)cc2)cc1Br. The summed E-state index contributed by atoms with van der Waals surface area (Å²) in [6.45, 7) is 4.19. The molecule has 0 fully saturated rings. The van der Waals surface area contributed by atoms with Gasteiger partial charge in [-0.15, -0.1) is 0 Å². The van der Waals surface area contributed by atoms with Crippen molar-refractivity contribution in [1.29, 1.82) is 0 Å². The van der Waals surface area contributed by atoms with E-state index in [0.29, 0.717) is 6.04 Å². The average molecular weight is 320 g/mol. The fourth-order valence-corrected chi connectivity index (χ4v) is 2.52. The van der Waals surface area contributed by atoms with Crippen LogP contribution in [0.5, 0.6) is 11.5 Å². The highest BCUT2D eigenvalue weighted by Crippen LogP contribution is 2.30. The van der Waals surface area contributed by atoms with Crippen molar-refractivity contribution in [2.24, 2.45) is 0 Å². The third-order valence-electron chi connectivity index (χ3n) is 3.13. The van der Waals surface area contributed by atoms with Gasteiger partial charge in [-0.2, -0.15) is 0 Å². The van der Waals surface area contributed by atoms with Crippen LogP contribution in [-0.4, -0.2) is 7.05 Å². The summed E-state index contributed by atoms with van der Waals surface area (Å²) in [6.07, 6.45) is 0. The molecule has 2 rings (SSSR count). The number of hydrogen-bond donors (Lipinski definition) is 1. The normalized spacial score (nSPS) is 12.2. The van der Waals surface area contributed by atoms with E-state index in [0.717, 1.165) is 16.0 Å². The second-order valence-electron chi connectivity index (χ2n) is 4.61. The molecule has 3 heteroatoms. The predicted molar refractivity (Wildman–Crippen MR) is 82.9 cm³/mol. The summed E-state index contributed by atoms with van der Waals surface area (Å²) in [5.74, 6) is 1.69. The molecule has 1 unspecified atom stereocenters. The van der Waals surface area contributed by atoms with Crippen molar-refractivity contribution < 1.29 is 4.74 Å². The van der Waals surface area contributed by atoms with Gasteiger partial charge in [0.2, 0.25) is 0 Å². The third kappa shape index (κ3) is 3.58. The van der Waals surface area contributed by atoms with Crippen LogP contribution in [0, 0.1) is 6.92 Å². The van der Waals surface area contributed by atoms with Crippen molar-refractivity contribution in [2.45, 2.75) is 19.9 Å². The monoisotopic (exact) mass is 319 g/mol. The molecule has 0 saturated carbocycles. The minimum absolute atomic E-state index is 0.308. The molecule has 2 aromatic rings. The topological polar surface area (TPSA) is 21.3 Å². The van der Waals surface area contributed by atoms with Crippen LogP contribution in [0.1, 0.15) is 24.1 Å². The maximum atomic E-state index is 5.83. The van der Waals surface area contributed by atoms with Gasteiger partial charge >= 0.3 is 0 Å². The van der Waals surface area contributed by atoms with Crippen molar-refractivity contribution in [2.75, 3.05) is 7.05 Å². The Morgan fingerprint density at radius 2 is 1.68 bits per heavy atom. The number of hydrogen-bond acceptors (Lipinski definition) is 2. The number of halogens is 1. The van der Waals surface area contributed by atoms with Crippen LogP contribution in [-0.2, 0) is 0 Å². The maximum absolute atomic E-state index is 5.83. The van der Waals surface area contributed by atoms with Crippen LogP contribution in [0.15, 0.2) is 46.9 Å². The van der Waals surface area contributed by atoms with Gasteiger partial charge < -0.3 is 10.1 Å². The van der Waals surface area contributed by atoms with Crippen molar-refractivity contribution in [3.8, 4) is 11.5 Å². The molecule has 0 aliphatic rings. The predicted octanol–water partition coefficient (Wildman–Crippen LogP) is 4.83. The van der Waals surface area contributed by atoms with E-state index in [9.17, 15) is 0 Å². The average Bonchev–Trinajstić information content (AvgIpc) is 2.41. The first-order chi connectivity index (χ1) is 9.10. The first kappa shape index (κ1) is 14.1.